The molecule has 0 spiro atoms. The first-order chi connectivity index (χ1) is 8.40. The van der Waals surface area contributed by atoms with Gasteiger partial charge in [-0.25, -0.2) is 0 Å². The first-order valence-corrected chi connectivity index (χ1v) is 5.92. The molecule has 1 aliphatic carbocycles. The van der Waals surface area contributed by atoms with Gasteiger partial charge < -0.3 is 0 Å². The minimum Gasteiger partial charge on any atom is -0.198 e. The van der Waals surface area contributed by atoms with E-state index < -0.39 is 0 Å². The van der Waals surface area contributed by atoms with Crippen LogP contribution in [0.3, 0.4) is 0 Å². The monoisotopic (exact) mass is 219 g/mol. The second kappa shape index (κ2) is 4.07. The van der Waals surface area contributed by atoms with Crippen molar-refractivity contribution >= 4 is 0 Å². The van der Waals surface area contributed by atoms with Gasteiger partial charge in [0, 0.05) is 12.3 Å². The average molecular weight is 219 g/mol. The van der Waals surface area contributed by atoms with Crippen molar-refractivity contribution in [3.8, 4) is 6.07 Å². The molecule has 0 unspecified atom stereocenters. The molecule has 0 atom stereocenters. The van der Waals surface area contributed by atoms with E-state index in [2.05, 4.69) is 54.6 Å². The second-order valence-electron chi connectivity index (χ2n) is 4.49. The van der Waals surface area contributed by atoms with Crippen molar-refractivity contribution in [2.24, 2.45) is 0 Å². The molecule has 0 saturated carbocycles. The summed E-state index contributed by atoms with van der Waals surface area (Å²) in [5.41, 5.74) is 5.39. The van der Waals surface area contributed by atoms with Crippen molar-refractivity contribution in [2.75, 3.05) is 0 Å². The molecule has 82 valence electrons. The molecule has 0 amide bonds. The van der Waals surface area contributed by atoms with Gasteiger partial charge in [0.1, 0.15) is 0 Å². The number of nitriles is 1. The largest absolute Gasteiger partial charge is 0.198 e. The third kappa shape index (κ3) is 1.62. The van der Waals surface area contributed by atoms with Crippen LogP contribution in [0.4, 0.5) is 0 Å². The molecule has 0 saturated heterocycles. The maximum atomic E-state index is 9.02. The Bertz CT molecular complexity index is 547. The van der Waals surface area contributed by atoms with Gasteiger partial charge in [-0.1, -0.05) is 48.5 Å². The SMILES string of the molecule is N#CCC1c2ccccc2Cc2ccccc21. The number of fused-ring (bicyclic) bond motifs is 2. The standard InChI is InChI=1S/C16H13N/c17-10-9-16-14-7-3-1-5-12(14)11-13-6-2-4-8-15(13)16/h1-8,16H,9,11H2. The lowest BCUT2D eigenvalue weighted by Crippen LogP contribution is -2.13. The zero-order valence-electron chi connectivity index (χ0n) is 9.56. The van der Waals surface area contributed by atoms with Gasteiger partial charge in [0.25, 0.3) is 0 Å². The Kier molecular flexibility index (Phi) is 2.42. The summed E-state index contributed by atoms with van der Waals surface area (Å²) in [5, 5.41) is 9.02. The van der Waals surface area contributed by atoms with Crippen LogP contribution >= 0.6 is 0 Å². The van der Waals surface area contributed by atoms with E-state index in [0.717, 1.165) is 6.42 Å². The second-order valence-corrected chi connectivity index (χ2v) is 4.49. The Balaban J connectivity index is 2.18. The minimum absolute atomic E-state index is 0.251. The summed E-state index contributed by atoms with van der Waals surface area (Å²) in [6, 6.07) is 19.3. The highest BCUT2D eigenvalue weighted by atomic mass is 14.3. The Hall–Kier alpha value is -2.07. The van der Waals surface area contributed by atoms with Crippen LogP contribution in [0.5, 0.6) is 0 Å². The number of rotatable bonds is 1. The van der Waals surface area contributed by atoms with Crippen LogP contribution in [-0.4, -0.2) is 0 Å². The van der Waals surface area contributed by atoms with Gasteiger partial charge >= 0.3 is 0 Å². The highest BCUT2D eigenvalue weighted by molar-refractivity contribution is 5.49. The lowest BCUT2D eigenvalue weighted by Gasteiger charge is -2.26. The van der Waals surface area contributed by atoms with Crippen LogP contribution in [0.2, 0.25) is 0 Å². The molecule has 0 fully saturated rings. The lowest BCUT2D eigenvalue weighted by molar-refractivity contribution is 0.785. The van der Waals surface area contributed by atoms with Crippen molar-refractivity contribution in [3.63, 3.8) is 0 Å². The molecule has 1 aliphatic rings. The highest BCUT2D eigenvalue weighted by Crippen LogP contribution is 2.37. The van der Waals surface area contributed by atoms with E-state index in [1.165, 1.54) is 22.3 Å². The zero-order valence-corrected chi connectivity index (χ0v) is 9.56. The quantitative estimate of drug-likeness (QED) is 0.718. The van der Waals surface area contributed by atoms with E-state index in [4.69, 9.17) is 5.26 Å². The Morgan fingerprint density at radius 3 is 2.00 bits per heavy atom. The van der Waals surface area contributed by atoms with Gasteiger partial charge in [0.15, 0.2) is 0 Å². The summed E-state index contributed by atoms with van der Waals surface area (Å²) >= 11 is 0. The van der Waals surface area contributed by atoms with E-state index >= 15 is 0 Å². The van der Waals surface area contributed by atoms with Crippen molar-refractivity contribution in [2.45, 2.75) is 18.8 Å². The summed E-state index contributed by atoms with van der Waals surface area (Å²) in [7, 11) is 0. The predicted octanol–water partition coefficient (Wildman–Crippen LogP) is 3.64. The first kappa shape index (κ1) is 10.1. The van der Waals surface area contributed by atoms with E-state index in [9.17, 15) is 0 Å². The fraction of sp³-hybridized carbons (Fsp3) is 0.188. The molecule has 1 nitrogen and oxygen atoms in total. The molecule has 2 aromatic rings. The third-order valence-corrected chi connectivity index (χ3v) is 3.54. The molecule has 0 bridgehead atoms. The topological polar surface area (TPSA) is 23.8 Å². The Morgan fingerprint density at radius 1 is 0.941 bits per heavy atom. The van der Waals surface area contributed by atoms with Gasteiger partial charge in [-0.3, -0.25) is 0 Å². The third-order valence-electron chi connectivity index (χ3n) is 3.54. The fourth-order valence-electron chi connectivity index (χ4n) is 2.75. The minimum atomic E-state index is 0.251. The molecule has 0 N–H and O–H groups in total. The normalized spacial score (nSPS) is 13.6. The number of nitrogens with zero attached hydrogens (tertiary/aromatic N) is 1. The summed E-state index contributed by atoms with van der Waals surface area (Å²) in [4.78, 5) is 0. The van der Waals surface area contributed by atoms with Crippen LogP contribution in [0.25, 0.3) is 0 Å². The van der Waals surface area contributed by atoms with E-state index in [1.54, 1.807) is 0 Å². The smallest absolute Gasteiger partial charge is 0.0631 e. The molecule has 0 aromatic heterocycles. The van der Waals surface area contributed by atoms with Gasteiger partial charge in [-0.2, -0.15) is 5.26 Å². The average Bonchev–Trinajstić information content (AvgIpc) is 2.39. The van der Waals surface area contributed by atoms with E-state index in [0.29, 0.717) is 6.42 Å². The molecular weight excluding hydrogens is 206 g/mol. The number of hydrogen-bond acceptors (Lipinski definition) is 1. The van der Waals surface area contributed by atoms with Crippen LogP contribution in [0.15, 0.2) is 48.5 Å². The molecule has 3 rings (SSSR count). The van der Waals surface area contributed by atoms with Gasteiger partial charge in [0.05, 0.1) is 6.07 Å². The zero-order chi connectivity index (χ0) is 11.7. The van der Waals surface area contributed by atoms with Gasteiger partial charge in [0.2, 0.25) is 0 Å². The molecule has 17 heavy (non-hydrogen) atoms. The van der Waals surface area contributed by atoms with Crippen LogP contribution in [-0.2, 0) is 6.42 Å². The fourth-order valence-corrected chi connectivity index (χ4v) is 2.75. The summed E-state index contributed by atoms with van der Waals surface area (Å²) in [6.45, 7) is 0. The van der Waals surface area contributed by atoms with E-state index in [-0.39, 0.29) is 5.92 Å². The lowest BCUT2D eigenvalue weighted by atomic mass is 9.77. The molecular formula is C16H13N. The number of benzene rings is 2. The van der Waals surface area contributed by atoms with Gasteiger partial charge in [-0.05, 0) is 28.7 Å². The summed E-state index contributed by atoms with van der Waals surface area (Å²) in [6.07, 6.45) is 1.56. The van der Waals surface area contributed by atoms with Crippen molar-refractivity contribution in [1.82, 2.24) is 0 Å². The predicted molar refractivity (Wildman–Crippen MR) is 67.8 cm³/mol. The van der Waals surface area contributed by atoms with Crippen LogP contribution < -0.4 is 0 Å². The van der Waals surface area contributed by atoms with Crippen molar-refractivity contribution < 1.29 is 0 Å². The summed E-state index contributed by atoms with van der Waals surface area (Å²) in [5.74, 6) is 0.251. The van der Waals surface area contributed by atoms with Crippen LogP contribution in [0, 0.1) is 11.3 Å². The molecule has 2 aromatic carbocycles. The van der Waals surface area contributed by atoms with Crippen molar-refractivity contribution in [3.05, 3.63) is 70.8 Å². The first-order valence-electron chi connectivity index (χ1n) is 5.92. The molecule has 0 radical (unpaired) electrons. The van der Waals surface area contributed by atoms with E-state index in [1.807, 2.05) is 0 Å². The van der Waals surface area contributed by atoms with Crippen molar-refractivity contribution in [1.29, 1.82) is 5.26 Å². The maximum Gasteiger partial charge on any atom is 0.0631 e. The Morgan fingerprint density at radius 2 is 1.47 bits per heavy atom. The molecule has 0 heterocycles. The molecule has 1 heteroatoms. The Labute approximate surface area is 101 Å². The highest BCUT2D eigenvalue weighted by Gasteiger charge is 2.24. The summed E-state index contributed by atoms with van der Waals surface area (Å²) < 4.78 is 0. The number of hydrogen-bond donors (Lipinski definition) is 0. The molecule has 0 aliphatic heterocycles. The van der Waals surface area contributed by atoms with Crippen LogP contribution in [0.1, 0.15) is 34.6 Å². The maximum absolute atomic E-state index is 9.02. The van der Waals surface area contributed by atoms with Gasteiger partial charge in [-0.15, -0.1) is 0 Å².